The number of para-hydroxylation sites is 2. The molecule has 7 rings (SSSR count). The molecular weight excluding hydrogens is 1200 g/mol. The number of anilines is 2. The van der Waals surface area contributed by atoms with Crippen molar-refractivity contribution in [3.05, 3.63) is 206 Å². The van der Waals surface area contributed by atoms with Gasteiger partial charge >= 0.3 is 31.9 Å². The van der Waals surface area contributed by atoms with Crippen molar-refractivity contribution in [2.45, 2.75) is 45.8 Å². The van der Waals surface area contributed by atoms with Crippen molar-refractivity contribution < 1.29 is 64.7 Å². The molecule has 0 aliphatic carbocycles. The average Bonchev–Trinajstić information content (AvgIpc) is 3.16. The molecule has 24 heteroatoms. The molecule has 0 bridgehead atoms. The molecule has 0 radical (unpaired) electrons. The van der Waals surface area contributed by atoms with Gasteiger partial charge in [-0.25, -0.2) is 12.8 Å². The molecular formula is C60H77F4N3O11PS4Si-. The predicted octanol–water partition coefficient (Wildman–Crippen LogP) is 8.38. The monoisotopic (exact) mass is 1280 g/mol. The standard InChI is InChI=1S/C19H18NP.C18H23NO6S2.C13H22OSi.C10H13F2NO2S.2FH.O2S/c1-20-21(17-11-5-2-6-12-17,18-13-7-3-8-14-18)19-15-9-4-10-16-19;1-24-17-8-10-18(11-9-17)25-27(22,23)15-13-19(12-14-26(2,20)21)16-6-4-3-5-7-16;1-11-7-9-12(10-8-11)14-15(5,6)13(2,3)4;11-6-7-13(8-9-16(12,14)15)10-4-2-1-3-5-10;;;1-3-2/h2-16H,1H3;3-11H,12-15H2,1-2H3;7-10H,1-6H3;1-5H,6-9H2;2*1H;/p-1. The van der Waals surface area contributed by atoms with Crippen molar-refractivity contribution in [2.75, 3.05) is 80.3 Å². The summed E-state index contributed by atoms with van der Waals surface area (Å²) in [5.41, 5.74) is 2.71. The molecule has 0 spiro atoms. The molecule has 0 aliphatic rings. The summed E-state index contributed by atoms with van der Waals surface area (Å²) in [5.74, 6) is 0.821. The first kappa shape index (κ1) is 75.4. The Morgan fingerprint density at radius 3 is 1.25 bits per heavy atom. The fraction of sp³-hybridized carbons (Fsp3) is 0.300. The number of aryl methyl sites for hydroxylation is 1. The Morgan fingerprint density at radius 2 is 0.905 bits per heavy atom. The van der Waals surface area contributed by atoms with E-state index in [4.69, 9.17) is 26.5 Å². The molecule has 0 aliphatic heterocycles. The first-order valence-electron chi connectivity index (χ1n) is 25.9. The van der Waals surface area contributed by atoms with Gasteiger partial charge in [-0.05, 0) is 85.7 Å². The van der Waals surface area contributed by atoms with Crippen LogP contribution in [0.5, 0.6) is 17.2 Å². The zero-order valence-corrected chi connectivity index (χ0v) is 53.8. The summed E-state index contributed by atoms with van der Waals surface area (Å²) < 4.78 is 131. The number of benzene rings is 7. The Bertz CT molecular complexity index is 3300. The Balaban J connectivity index is 0.000000560. The lowest BCUT2D eigenvalue weighted by molar-refractivity contribution is -0.0000303. The van der Waals surface area contributed by atoms with Crippen LogP contribution < -0.4 is 43.8 Å². The quantitative estimate of drug-likeness (QED) is 0.0220. The van der Waals surface area contributed by atoms with E-state index in [0.717, 1.165) is 17.7 Å². The molecule has 0 amide bonds. The highest BCUT2D eigenvalue weighted by Crippen LogP contribution is 2.45. The van der Waals surface area contributed by atoms with Crippen LogP contribution >= 0.6 is 7.05 Å². The molecule has 0 heterocycles. The van der Waals surface area contributed by atoms with E-state index in [2.05, 4.69) is 156 Å². The van der Waals surface area contributed by atoms with E-state index in [1.165, 1.54) is 45.6 Å². The van der Waals surface area contributed by atoms with Crippen molar-refractivity contribution >= 4 is 84.4 Å². The minimum Gasteiger partial charge on any atom is -1.00 e. The van der Waals surface area contributed by atoms with E-state index in [-0.39, 0.29) is 57.9 Å². The number of nitrogens with zero attached hydrogens (tertiary/aromatic N) is 3. The minimum absolute atomic E-state index is 0. The number of sulfone groups is 1. The van der Waals surface area contributed by atoms with E-state index in [0.29, 0.717) is 11.4 Å². The Morgan fingerprint density at radius 1 is 0.560 bits per heavy atom. The fourth-order valence-electron chi connectivity index (χ4n) is 7.44. The van der Waals surface area contributed by atoms with Gasteiger partial charge in [-0.3, -0.25) is 9.45 Å². The summed E-state index contributed by atoms with van der Waals surface area (Å²) in [6, 6.07) is 64.3. The lowest BCUT2D eigenvalue weighted by Gasteiger charge is -2.36. The fourth-order valence-corrected chi connectivity index (χ4v) is 13.8. The number of hydrogen-bond acceptors (Lipinski definition) is 14. The molecule has 0 aromatic heterocycles. The lowest BCUT2D eigenvalue weighted by atomic mass is 10.2. The van der Waals surface area contributed by atoms with Crippen LogP contribution in [-0.2, 0) is 41.7 Å². The Hall–Kier alpha value is -6.62. The first-order valence-corrected chi connectivity index (χ1v) is 36.4. The lowest BCUT2D eigenvalue weighted by Crippen LogP contribution is -3.00. The number of methoxy groups -OCH3 is 1. The highest BCUT2D eigenvalue weighted by Gasteiger charge is 2.39. The van der Waals surface area contributed by atoms with E-state index in [1.807, 2.05) is 25.2 Å². The number of hydrogen-bond donors (Lipinski definition) is 0. The number of rotatable bonds is 21. The average molecular weight is 1280 g/mol. The van der Waals surface area contributed by atoms with Gasteiger partial charge in [-0.1, -0.05) is 166 Å². The van der Waals surface area contributed by atoms with Crippen LogP contribution in [-0.4, -0.2) is 113 Å². The van der Waals surface area contributed by atoms with Crippen LogP contribution in [0.2, 0.25) is 18.1 Å². The molecule has 0 fully saturated rings. The molecule has 0 saturated heterocycles. The van der Waals surface area contributed by atoms with Crippen LogP contribution in [0.25, 0.3) is 0 Å². The van der Waals surface area contributed by atoms with Gasteiger partial charge in [0.25, 0.3) is 0 Å². The summed E-state index contributed by atoms with van der Waals surface area (Å²) in [7, 11) is -11.6. The van der Waals surface area contributed by atoms with Crippen LogP contribution in [0.15, 0.2) is 205 Å². The maximum absolute atomic E-state index is 12.4. The molecule has 14 nitrogen and oxygen atoms in total. The van der Waals surface area contributed by atoms with Crippen LogP contribution in [0, 0.1) is 6.92 Å². The molecule has 7 aromatic rings. The second-order valence-corrected chi connectivity index (χ2v) is 33.3. The highest BCUT2D eigenvalue weighted by atomic mass is 32.3. The third-order valence-corrected chi connectivity index (χ3v) is 23.5. The topological polar surface area (TPSA) is 183 Å². The Kier molecular flexibility index (Phi) is 33.2. The zero-order valence-electron chi connectivity index (χ0n) is 48.7. The minimum atomic E-state index is -4.51. The SMILES string of the molecule is CN=P(c1ccccc1)(c1ccccc1)c1ccccc1.COc1ccc(OS(=O)(=O)CCN(CCS(C)(=O)=O)c2ccccc2)cc1.Cc1ccc(O[Si](C)(C)C(C)(C)C)cc1.F.O=S(=O)(F)CCN(CCF)c1ccccc1.O=S=O.[F-]. The van der Waals surface area contributed by atoms with E-state index in [9.17, 15) is 33.5 Å². The molecule has 0 atom stereocenters. The highest BCUT2D eigenvalue weighted by molar-refractivity contribution is 7.90. The number of halogens is 4. The predicted molar refractivity (Wildman–Crippen MR) is 339 cm³/mol. The number of alkyl halides is 1. The largest absolute Gasteiger partial charge is 1.00 e. The van der Waals surface area contributed by atoms with Gasteiger partial charge in [0.1, 0.15) is 39.5 Å². The van der Waals surface area contributed by atoms with Gasteiger partial charge in [0, 0.05) is 66.8 Å². The van der Waals surface area contributed by atoms with Gasteiger partial charge in [-0.15, -0.1) is 3.89 Å². The van der Waals surface area contributed by atoms with Crippen molar-refractivity contribution in [2.24, 2.45) is 4.74 Å². The summed E-state index contributed by atoms with van der Waals surface area (Å²) in [5, 5.41) is 4.15. The summed E-state index contributed by atoms with van der Waals surface area (Å²) in [6.07, 6.45) is 1.15. The second-order valence-electron chi connectivity index (χ2n) is 19.8. The molecule has 0 N–H and O–H groups in total. The molecule has 84 heavy (non-hydrogen) atoms. The third kappa shape index (κ3) is 27.0. The summed E-state index contributed by atoms with van der Waals surface area (Å²) in [6.45, 7) is 13.1. The smallest absolute Gasteiger partial charge is 0.335 e. The van der Waals surface area contributed by atoms with Gasteiger partial charge in [-0.2, -0.15) is 25.3 Å². The molecule has 0 saturated carbocycles. The van der Waals surface area contributed by atoms with Crippen molar-refractivity contribution in [1.29, 1.82) is 0 Å². The van der Waals surface area contributed by atoms with E-state index < -0.39 is 69.5 Å². The first-order chi connectivity index (χ1) is 38.7. The maximum atomic E-state index is 12.4. The van der Waals surface area contributed by atoms with Crippen molar-refractivity contribution in [3.63, 3.8) is 0 Å². The van der Waals surface area contributed by atoms with Crippen LogP contribution in [0.3, 0.4) is 0 Å². The normalized spacial score (nSPS) is 11.1. The van der Waals surface area contributed by atoms with E-state index >= 15 is 0 Å². The third-order valence-electron chi connectivity index (χ3n) is 12.7. The summed E-state index contributed by atoms with van der Waals surface area (Å²) in [4.78, 5) is 3.22. The van der Waals surface area contributed by atoms with Gasteiger partial charge in [0.15, 0.2) is 0 Å². The van der Waals surface area contributed by atoms with Gasteiger partial charge in [0.05, 0.1) is 25.7 Å². The zero-order chi connectivity index (χ0) is 60.9. The van der Waals surface area contributed by atoms with Gasteiger partial charge in [0.2, 0.25) is 8.32 Å². The van der Waals surface area contributed by atoms with Gasteiger partial charge < -0.3 is 27.9 Å². The van der Waals surface area contributed by atoms with Crippen molar-refractivity contribution in [3.8, 4) is 17.2 Å². The Labute approximate surface area is 500 Å². The van der Waals surface area contributed by atoms with Crippen LogP contribution in [0.1, 0.15) is 26.3 Å². The summed E-state index contributed by atoms with van der Waals surface area (Å²) >= 11 is -0.750. The van der Waals surface area contributed by atoms with Crippen molar-refractivity contribution in [1.82, 2.24) is 0 Å². The number of ether oxygens (including phenoxy) is 1. The second kappa shape index (κ2) is 36.9. The van der Waals surface area contributed by atoms with E-state index in [1.54, 1.807) is 59.5 Å². The maximum Gasteiger partial charge on any atom is 0.335 e. The van der Waals surface area contributed by atoms with Crippen LogP contribution in [0.4, 0.5) is 24.4 Å². The molecule has 0 unspecified atom stereocenters. The molecule has 460 valence electrons. The molecule has 7 aromatic carbocycles.